The highest BCUT2D eigenvalue weighted by Gasteiger charge is 2.09. The minimum absolute atomic E-state index is 0.808. The molecule has 0 unspecified atom stereocenters. The summed E-state index contributed by atoms with van der Waals surface area (Å²) in [7, 11) is 2.06. The minimum Gasteiger partial charge on any atom is -0.469 e. The van der Waals surface area contributed by atoms with E-state index in [0.717, 1.165) is 43.3 Å². The largest absolute Gasteiger partial charge is 0.469 e. The molecule has 0 radical (unpaired) electrons. The van der Waals surface area contributed by atoms with Crippen LogP contribution in [0.3, 0.4) is 0 Å². The lowest BCUT2D eigenvalue weighted by Gasteiger charge is -2.19. The van der Waals surface area contributed by atoms with Crippen molar-refractivity contribution in [3.8, 4) is 0 Å². The van der Waals surface area contributed by atoms with Gasteiger partial charge >= 0.3 is 0 Å². The monoisotopic (exact) mass is 287 g/mol. The summed E-state index contributed by atoms with van der Waals surface area (Å²) in [5, 5.41) is 3.42. The number of aromatic nitrogens is 1. The van der Waals surface area contributed by atoms with Crippen molar-refractivity contribution < 1.29 is 4.42 Å². The van der Waals surface area contributed by atoms with E-state index in [1.165, 1.54) is 11.1 Å². The highest BCUT2D eigenvalue weighted by molar-refractivity contribution is 5.42. The van der Waals surface area contributed by atoms with Gasteiger partial charge in [-0.05, 0) is 44.5 Å². The average Bonchev–Trinajstić information content (AvgIpc) is 2.86. The van der Waals surface area contributed by atoms with Gasteiger partial charge in [-0.2, -0.15) is 0 Å². The molecule has 0 fully saturated rings. The van der Waals surface area contributed by atoms with Crippen LogP contribution >= 0.6 is 0 Å². The highest BCUT2D eigenvalue weighted by atomic mass is 16.3. The molecular weight excluding hydrogens is 262 g/mol. The number of anilines is 1. The molecule has 0 bridgehead atoms. The molecule has 114 valence electrons. The molecule has 0 saturated carbocycles. The van der Waals surface area contributed by atoms with Gasteiger partial charge in [0.15, 0.2) is 0 Å². The number of pyridine rings is 1. The van der Waals surface area contributed by atoms with E-state index in [2.05, 4.69) is 43.2 Å². The molecule has 0 atom stereocenters. The molecule has 0 saturated heterocycles. The molecule has 4 nitrogen and oxygen atoms in total. The summed E-state index contributed by atoms with van der Waals surface area (Å²) in [6.45, 7) is 8.97. The molecule has 4 heteroatoms. The fourth-order valence-electron chi connectivity index (χ4n) is 2.29. The van der Waals surface area contributed by atoms with Crippen LogP contribution in [0.2, 0.25) is 0 Å². The van der Waals surface area contributed by atoms with Crippen molar-refractivity contribution in [2.45, 2.75) is 40.3 Å². The number of furan rings is 1. The van der Waals surface area contributed by atoms with Gasteiger partial charge in [0, 0.05) is 31.4 Å². The Morgan fingerprint density at radius 3 is 2.62 bits per heavy atom. The van der Waals surface area contributed by atoms with Gasteiger partial charge in [-0.3, -0.25) is 0 Å². The average molecular weight is 287 g/mol. The smallest absolute Gasteiger partial charge is 0.128 e. The standard InChI is InChI=1S/C17H25N3O/c1-5-9-18-11-15-6-7-17(19-13(15)2)20(4)12-16-8-10-21-14(16)3/h6-8,10,18H,5,9,11-12H2,1-4H3. The predicted octanol–water partition coefficient (Wildman–Crippen LogP) is 3.43. The molecule has 0 aromatic carbocycles. The van der Waals surface area contributed by atoms with E-state index >= 15 is 0 Å². The van der Waals surface area contributed by atoms with E-state index in [4.69, 9.17) is 9.40 Å². The molecule has 21 heavy (non-hydrogen) atoms. The molecule has 0 aliphatic heterocycles. The van der Waals surface area contributed by atoms with Crippen molar-refractivity contribution in [3.05, 3.63) is 47.0 Å². The second-order valence-electron chi connectivity index (χ2n) is 5.45. The second kappa shape index (κ2) is 7.27. The molecule has 2 aromatic rings. The summed E-state index contributed by atoms with van der Waals surface area (Å²) < 4.78 is 5.34. The number of rotatable bonds is 7. The van der Waals surface area contributed by atoms with Crippen LogP contribution in [-0.2, 0) is 13.1 Å². The van der Waals surface area contributed by atoms with E-state index in [9.17, 15) is 0 Å². The van der Waals surface area contributed by atoms with E-state index in [1.807, 2.05) is 13.0 Å². The van der Waals surface area contributed by atoms with Crippen molar-refractivity contribution >= 4 is 5.82 Å². The zero-order valence-corrected chi connectivity index (χ0v) is 13.4. The summed E-state index contributed by atoms with van der Waals surface area (Å²) in [5.74, 6) is 1.96. The maximum Gasteiger partial charge on any atom is 0.128 e. The maximum absolute atomic E-state index is 5.34. The molecule has 0 spiro atoms. The Kier molecular flexibility index (Phi) is 5.39. The quantitative estimate of drug-likeness (QED) is 0.792. The molecular formula is C17H25N3O. The van der Waals surface area contributed by atoms with Crippen LogP contribution in [0, 0.1) is 13.8 Å². The maximum atomic E-state index is 5.34. The van der Waals surface area contributed by atoms with Gasteiger partial charge in [0.25, 0.3) is 0 Å². The van der Waals surface area contributed by atoms with Gasteiger partial charge in [-0.25, -0.2) is 4.98 Å². The van der Waals surface area contributed by atoms with Crippen LogP contribution in [0.15, 0.2) is 28.9 Å². The first kappa shape index (κ1) is 15.6. The summed E-state index contributed by atoms with van der Waals surface area (Å²) in [6.07, 6.45) is 2.89. The summed E-state index contributed by atoms with van der Waals surface area (Å²) in [5.41, 5.74) is 3.55. The third kappa shape index (κ3) is 4.08. The van der Waals surface area contributed by atoms with Crippen molar-refractivity contribution in [1.82, 2.24) is 10.3 Å². The Labute approximate surface area is 127 Å². The Bertz CT molecular complexity index is 577. The normalized spacial score (nSPS) is 10.9. The first-order chi connectivity index (χ1) is 10.1. The third-order valence-electron chi connectivity index (χ3n) is 3.69. The summed E-state index contributed by atoms with van der Waals surface area (Å²) in [4.78, 5) is 6.86. The second-order valence-corrected chi connectivity index (χ2v) is 5.45. The van der Waals surface area contributed by atoms with E-state index in [-0.39, 0.29) is 0 Å². The van der Waals surface area contributed by atoms with E-state index in [0.29, 0.717) is 0 Å². The molecule has 0 aliphatic carbocycles. The van der Waals surface area contributed by atoms with Crippen LogP contribution in [-0.4, -0.2) is 18.6 Å². The first-order valence-corrected chi connectivity index (χ1v) is 7.53. The minimum atomic E-state index is 0.808. The van der Waals surface area contributed by atoms with Crippen LogP contribution in [0.5, 0.6) is 0 Å². The highest BCUT2D eigenvalue weighted by Crippen LogP contribution is 2.18. The van der Waals surface area contributed by atoms with Gasteiger partial charge in [0.2, 0.25) is 0 Å². The predicted molar refractivity (Wildman–Crippen MR) is 86.5 cm³/mol. The Hall–Kier alpha value is -1.81. The molecule has 0 aliphatic rings. The lowest BCUT2D eigenvalue weighted by atomic mass is 10.2. The van der Waals surface area contributed by atoms with Crippen molar-refractivity contribution in [1.29, 1.82) is 0 Å². The SMILES string of the molecule is CCCNCc1ccc(N(C)Cc2ccoc2C)nc1C. The Morgan fingerprint density at radius 1 is 1.19 bits per heavy atom. The van der Waals surface area contributed by atoms with Crippen LogP contribution in [0.1, 0.15) is 35.9 Å². The summed E-state index contributed by atoms with van der Waals surface area (Å²) in [6, 6.07) is 6.27. The zero-order valence-electron chi connectivity index (χ0n) is 13.4. The third-order valence-corrected chi connectivity index (χ3v) is 3.69. The van der Waals surface area contributed by atoms with Gasteiger partial charge < -0.3 is 14.6 Å². The van der Waals surface area contributed by atoms with Crippen molar-refractivity contribution in [3.63, 3.8) is 0 Å². The molecule has 0 amide bonds. The number of nitrogens with one attached hydrogen (secondary N) is 1. The number of aryl methyl sites for hydroxylation is 2. The molecule has 2 aromatic heterocycles. The Balaban J connectivity index is 2.03. The van der Waals surface area contributed by atoms with Gasteiger partial charge in [-0.1, -0.05) is 13.0 Å². The van der Waals surface area contributed by atoms with Gasteiger partial charge in [0.05, 0.1) is 6.26 Å². The lowest BCUT2D eigenvalue weighted by molar-refractivity contribution is 0.529. The van der Waals surface area contributed by atoms with Crippen LogP contribution < -0.4 is 10.2 Å². The van der Waals surface area contributed by atoms with E-state index in [1.54, 1.807) is 6.26 Å². The number of hydrogen-bond acceptors (Lipinski definition) is 4. The topological polar surface area (TPSA) is 41.3 Å². The van der Waals surface area contributed by atoms with Crippen molar-refractivity contribution in [2.75, 3.05) is 18.5 Å². The summed E-state index contributed by atoms with van der Waals surface area (Å²) >= 11 is 0. The zero-order chi connectivity index (χ0) is 15.2. The molecule has 2 heterocycles. The van der Waals surface area contributed by atoms with Crippen LogP contribution in [0.4, 0.5) is 5.82 Å². The van der Waals surface area contributed by atoms with Gasteiger partial charge in [0.1, 0.15) is 11.6 Å². The fourth-order valence-corrected chi connectivity index (χ4v) is 2.29. The van der Waals surface area contributed by atoms with E-state index < -0.39 is 0 Å². The van der Waals surface area contributed by atoms with Gasteiger partial charge in [-0.15, -0.1) is 0 Å². The fraction of sp³-hybridized carbons (Fsp3) is 0.471. The van der Waals surface area contributed by atoms with Crippen LogP contribution in [0.25, 0.3) is 0 Å². The number of nitrogens with zero attached hydrogens (tertiary/aromatic N) is 2. The number of hydrogen-bond donors (Lipinski definition) is 1. The lowest BCUT2D eigenvalue weighted by Crippen LogP contribution is -2.19. The first-order valence-electron chi connectivity index (χ1n) is 7.53. The van der Waals surface area contributed by atoms with Crippen molar-refractivity contribution in [2.24, 2.45) is 0 Å². The Morgan fingerprint density at radius 2 is 2.00 bits per heavy atom. The molecule has 2 rings (SSSR count). The molecule has 1 N–H and O–H groups in total.